The molecular formula is C53H35NO2. The topological polar surface area (TPSA) is 21.7 Å². The minimum Gasteiger partial charge on any atom is -0.453 e. The largest absolute Gasteiger partial charge is 0.453 e. The minimum absolute atomic E-state index is 0.699. The minimum atomic E-state index is 0.699. The molecule has 3 nitrogen and oxygen atoms in total. The van der Waals surface area contributed by atoms with Crippen molar-refractivity contribution in [2.45, 2.75) is 6.42 Å². The van der Waals surface area contributed by atoms with Gasteiger partial charge in [0.15, 0.2) is 11.5 Å². The van der Waals surface area contributed by atoms with Crippen LogP contribution in [0.2, 0.25) is 0 Å². The molecule has 264 valence electrons. The Morgan fingerprint density at radius 3 is 1.70 bits per heavy atom. The maximum atomic E-state index is 6.53. The Balaban J connectivity index is 0.970. The third-order valence-corrected chi connectivity index (χ3v) is 11.1. The zero-order valence-corrected chi connectivity index (χ0v) is 30.5. The summed E-state index contributed by atoms with van der Waals surface area (Å²) in [4.78, 5) is 2.38. The molecule has 0 atom stereocenters. The highest BCUT2D eigenvalue weighted by Gasteiger charge is 2.22. The predicted molar refractivity (Wildman–Crippen MR) is 230 cm³/mol. The lowest BCUT2D eigenvalue weighted by Gasteiger charge is -2.27. The second kappa shape index (κ2) is 13.2. The maximum absolute atomic E-state index is 6.53. The van der Waals surface area contributed by atoms with Crippen LogP contribution in [0, 0.1) is 0 Å². The molecule has 9 aromatic rings. The molecule has 0 N–H and O–H groups in total. The summed E-state index contributed by atoms with van der Waals surface area (Å²) in [5, 5.41) is 2.08. The van der Waals surface area contributed by atoms with Crippen LogP contribution in [-0.2, 0) is 6.42 Å². The van der Waals surface area contributed by atoms with Gasteiger partial charge in [0.25, 0.3) is 0 Å². The van der Waals surface area contributed by atoms with Crippen molar-refractivity contribution in [3.8, 4) is 67.5 Å². The molecule has 0 unspecified atom stereocenters. The number of anilines is 3. The lowest BCUT2D eigenvalue weighted by Crippen LogP contribution is -2.10. The van der Waals surface area contributed by atoms with Gasteiger partial charge in [-0.3, -0.25) is 0 Å². The number of hydrogen-bond acceptors (Lipinski definition) is 3. The van der Waals surface area contributed by atoms with Gasteiger partial charge in [0.1, 0.15) is 11.5 Å². The van der Waals surface area contributed by atoms with Crippen molar-refractivity contribution in [1.29, 1.82) is 0 Å². The van der Waals surface area contributed by atoms with E-state index in [4.69, 9.17) is 9.47 Å². The van der Waals surface area contributed by atoms with Gasteiger partial charge in [-0.15, -0.1) is 0 Å². The molecule has 0 spiro atoms. The average Bonchev–Trinajstić information content (AvgIpc) is 3.54. The molecule has 1 aliphatic carbocycles. The third kappa shape index (κ3) is 5.61. The summed E-state index contributed by atoms with van der Waals surface area (Å²) in [6, 6.07) is 71.3. The number of hydrogen-bond donors (Lipinski definition) is 0. The lowest BCUT2D eigenvalue weighted by molar-refractivity contribution is 0.439. The molecule has 0 saturated heterocycles. The van der Waals surface area contributed by atoms with E-state index in [9.17, 15) is 0 Å². The molecule has 11 rings (SSSR count). The molecule has 2 aliphatic rings. The summed E-state index contributed by atoms with van der Waals surface area (Å²) in [5.74, 6) is 3.00. The van der Waals surface area contributed by atoms with Crippen LogP contribution in [0.25, 0.3) is 55.3 Å². The van der Waals surface area contributed by atoms with Crippen LogP contribution in [0.15, 0.2) is 200 Å². The Morgan fingerprint density at radius 2 is 0.893 bits per heavy atom. The number of fused-ring (bicyclic) bond motifs is 4. The average molecular weight is 718 g/mol. The molecule has 3 heteroatoms. The highest BCUT2D eigenvalue weighted by atomic mass is 16.5. The van der Waals surface area contributed by atoms with Crippen LogP contribution in [-0.4, -0.2) is 0 Å². The molecule has 9 aromatic carbocycles. The van der Waals surface area contributed by atoms with Gasteiger partial charge in [-0.25, -0.2) is 0 Å². The van der Waals surface area contributed by atoms with Gasteiger partial charge in [-0.1, -0.05) is 133 Å². The van der Waals surface area contributed by atoms with Crippen molar-refractivity contribution in [1.82, 2.24) is 0 Å². The highest BCUT2D eigenvalue weighted by molar-refractivity contribution is 5.95. The second-order valence-electron chi connectivity index (χ2n) is 14.5. The second-order valence-corrected chi connectivity index (χ2v) is 14.5. The van der Waals surface area contributed by atoms with Crippen LogP contribution in [0.1, 0.15) is 11.1 Å². The van der Waals surface area contributed by atoms with Gasteiger partial charge < -0.3 is 14.4 Å². The lowest BCUT2D eigenvalue weighted by atomic mass is 9.98. The van der Waals surface area contributed by atoms with Crippen molar-refractivity contribution < 1.29 is 9.47 Å². The predicted octanol–water partition coefficient (Wildman–Crippen LogP) is 14.8. The Morgan fingerprint density at radius 1 is 0.321 bits per heavy atom. The van der Waals surface area contributed by atoms with Gasteiger partial charge in [-0.05, 0) is 134 Å². The van der Waals surface area contributed by atoms with E-state index in [2.05, 4.69) is 175 Å². The van der Waals surface area contributed by atoms with E-state index in [-0.39, 0.29) is 0 Å². The van der Waals surface area contributed by atoms with E-state index in [0.29, 0.717) is 11.5 Å². The van der Waals surface area contributed by atoms with E-state index in [0.717, 1.165) is 68.0 Å². The van der Waals surface area contributed by atoms with Gasteiger partial charge in [0.2, 0.25) is 0 Å². The Hall–Kier alpha value is -7.36. The highest BCUT2D eigenvalue weighted by Crippen LogP contribution is 2.47. The summed E-state index contributed by atoms with van der Waals surface area (Å²) >= 11 is 0. The normalized spacial score (nSPS) is 12.1. The van der Waals surface area contributed by atoms with E-state index in [1.54, 1.807) is 0 Å². The van der Waals surface area contributed by atoms with E-state index < -0.39 is 0 Å². The van der Waals surface area contributed by atoms with Crippen molar-refractivity contribution in [2.75, 3.05) is 4.90 Å². The molecular weight excluding hydrogens is 683 g/mol. The molecule has 0 amide bonds. The Bertz CT molecular complexity index is 2940. The van der Waals surface area contributed by atoms with Crippen LogP contribution in [0.4, 0.5) is 17.1 Å². The molecule has 0 radical (unpaired) electrons. The first-order chi connectivity index (χ1) is 27.7. The van der Waals surface area contributed by atoms with Crippen LogP contribution in [0.5, 0.6) is 23.0 Å². The van der Waals surface area contributed by atoms with Crippen LogP contribution < -0.4 is 14.4 Å². The quantitative estimate of drug-likeness (QED) is 0.171. The fourth-order valence-corrected chi connectivity index (χ4v) is 8.37. The van der Waals surface area contributed by atoms with Crippen LogP contribution >= 0.6 is 0 Å². The standard InChI is InChI=1S/C53H35NO2/c1-2-10-35(11-3-1)36-22-26-44(27-23-36)54(46-28-24-43-31-42-12-4-5-19-47(42)48(43)34-46)45-18-7-17-40(32-45)38-15-6-16-39(30-38)41-25-29-49-52(33-41)56-51-21-9-14-37-13-8-20-50(55-49)53(37)51/h1-30,32-34H,31H2. The summed E-state index contributed by atoms with van der Waals surface area (Å²) in [6.07, 6.45) is 0.969. The molecule has 56 heavy (non-hydrogen) atoms. The first kappa shape index (κ1) is 32.1. The van der Waals surface area contributed by atoms with Crippen molar-refractivity contribution in [2.24, 2.45) is 0 Å². The SMILES string of the molecule is c1ccc(-c2ccc(N(c3cccc(-c4cccc(-c5ccc6c(c5)Oc5cccc7cccc(c57)O6)c4)c3)c3ccc4c(c3)-c3ccccc3C4)cc2)cc1. The third-order valence-electron chi connectivity index (χ3n) is 11.1. The summed E-state index contributed by atoms with van der Waals surface area (Å²) in [7, 11) is 0. The summed E-state index contributed by atoms with van der Waals surface area (Å²) < 4.78 is 12.9. The molecule has 0 aromatic heterocycles. The molecule has 0 saturated carbocycles. The van der Waals surface area contributed by atoms with Crippen molar-refractivity contribution in [3.05, 3.63) is 211 Å². The zero-order valence-electron chi connectivity index (χ0n) is 30.5. The summed E-state index contributed by atoms with van der Waals surface area (Å²) in [5.41, 5.74) is 15.5. The number of rotatable bonds is 6. The summed E-state index contributed by atoms with van der Waals surface area (Å²) in [6.45, 7) is 0. The first-order valence-electron chi connectivity index (χ1n) is 19.1. The smallest absolute Gasteiger partial charge is 0.170 e. The van der Waals surface area contributed by atoms with E-state index in [1.807, 2.05) is 30.3 Å². The first-order valence-corrected chi connectivity index (χ1v) is 19.1. The zero-order chi connectivity index (χ0) is 37.0. The van der Waals surface area contributed by atoms with Gasteiger partial charge in [-0.2, -0.15) is 0 Å². The number of nitrogens with zero attached hydrogens (tertiary/aromatic N) is 1. The van der Waals surface area contributed by atoms with Crippen molar-refractivity contribution in [3.63, 3.8) is 0 Å². The fraction of sp³-hybridized carbons (Fsp3) is 0.0189. The Labute approximate surface area is 326 Å². The molecule has 0 bridgehead atoms. The Kier molecular flexibility index (Phi) is 7.56. The fourth-order valence-electron chi connectivity index (χ4n) is 8.37. The van der Waals surface area contributed by atoms with E-state index >= 15 is 0 Å². The monoisotopic (exact) mass is 717 g/mol. The molecule has 1 heterocycles. The van der Waals surface area contributed by atoms with E-state index in [1.165, 1.54) is 33.4 Å². The van der Waals surface area contributed by atoms with Crippen LogP contribution in [0.3, 0.4) is 0 Å². The number of ether oxygens (including phenoxy) is 2. The molecule has 1 aliphatic heterocycles. The van der Waals surface area contributed by atoms with Gasteiger partial charge in [0.05, 0.1) is 5.39 Å². The molecule has 0 fully saturated rings. The number of benzene rings is 9. The maximum Gasteiger partial charge on any atom is 0.170 e. The van der Waals surface area contributed by atoms with Gasteiger partial charge >= 0.3 is 0 Å². The van der Waals surface area contributed by atoms with Gasteiger partial charge in [0, 0.05) is 17.1 Å². The van der Waals surface area contributed by atoms with Crippen molar-refractivity contribution >= 4 is 27.8 Å².